The minimum absolute atomic E-state index is 0.0615. The van der Waals surface area contributed by atoms with Crippen LogP contribution in [0.4, 0.5) is 0 Å². The number of Topliss-reactive ketones (excluding diaryl/α,β-unsaturated/α-hetero) is 1. The Morgan fingerprint density at radius 3 is 2.80 bits per heavy atom. The highest BCUT2D eigenvalue weighted by atomic mass is 16.5. The summed E-state index contributed by atoms with van der Waals surface area (Å²) in [7, 11) is 1.37. The van der Waals surface area contributed by atoms with E-state index in [1.807, 2.05) is 0 Å². The van der Waals surface area contributed by atoms with Crippen LogP contribution in [-0.4, -0.2) is 18.9 Å². The van der Waals surface area contributed by atoms with E-state index in [2.05, 4.69) is 26.8 Å². The Morgan fingerprint density at radius 2 is 2.20 bits per heavy atom. The summed E-state index contributed by atoms with van der Waals surface area (Å²) in [4.78, 5) is 23.6. The van der Waals surface area contributed by atoms with Gasteiger partial charge in [-0.15, -0.1) is 0 Å². The Morgan fingerprint density at radius 1 is 1.50 bits per heavy atom. The number of carbonyl (C=O) groups is 2. The van der Waals surface area contributed by atoms with Gasteiger partial charge in [-0.3, -0.25) is 9.59 Å². The molecule has 0 amide bonds. The second kappa shape index (κ2) is 8.23. The molecule has 3 nitrogen and oxygen atoms in total. The third kappa shape index (κ3) is 4.46. The minimum Gasteiger partial charge on any atom is -0.468 e. The van der Waals surface area contributed by atoms with E-state index in [1.165, 1.54) is 19.1 Å². The van der Waals surface area contributed by atoms with Gasteiger partial charge in [0.1, 0.15) is 11.7 Å². The number of rotatable bonds is 7. The van der Waals surface area contributed by atoms with Crippen molar-refractivity contribution >= 4 is 11.8 Å². The van der Waals surface area contributed by atoms with Crippen molar-refractivity contribution < 1.29 is 14.3 Å². The molecule has 0 aromatic rings. The summed E-state index contributed by atoms with van der Waals surface area (Å²) in [5, 5.41) is 0. The third-order valence-corrected chi connectivity index (χ3v) is 4.44. The largest absolute Gasteiger partial charge is 0.468 e. The van der Waals surface area contributed by atoms with E-state index < -0.39 is 5.92 Å². The molecule has 0 aliphatic heterocycles. The van der Waals surface area contributed by atoms with E-state index in [9.17, 15) is 9.59 Å². The fourth-order valence-corrected chi connectivity index (χ4v) is 3.22. The number of hydrogen-bond donors (Lipinski definition) is 0. The molecule has 1 rings (SSSR count). The molecule has 0 aromatic carbocycles. The summed E-state index contributed by atoms with van der Waals surface area (Å²) in [6.07, 6.45) is 8.05. The molecule has 0 unspecified atom stereocenters. The lowest BCUT2D eigenvalue weighted by Gasteiger charge is -2.22. The van der Waals surface area contributed by atoms with E-state index in [-0.39, 0.29) is 17.7 Å². The molecule has 0 N–H and O–H groups in total. The van der Waals surface area contributed by atoms with Crippen molar-refractivity contribution in [2.45, 2.75) is 59.3 Å². The van der Waals surface area contributed by atoms with Crippen molar-refractivity contribution in [3.8, 4) is 0 Å². The van der Waals surface area contributed by atoms with Crippen molar-refractivity contribution in [2.24, 2.45) is 17.8 Å². The highest BCUT2D eigenvalue weighted by molar-refractivity contribution is 6.00. The zero-order chi connectivity index (χ0) is 15.1. The highest BCUT2D eigenvalue weighted by Gasteiger charge is 2.42. The zero-order valence-corrected chi connectivity index (χ0v) is 13.3. The number of hydrogen-bond acceptors (Lipinski definition) is 3. The Balaban J connectivity index is 2.54. The summed E-state index contributed by atoms with van der Waals surface area (Å²) in [5.74, 6) is -0.254. The number of carbonyl (C=O) groups excluding carboxylic acids is 2. The maximum Gasteiger partial charge on any atom is 0.316 e. The molecule has 0 heterocycles. The molecule has 1 saturated carbocycles. The van der Waals surface area contributed by atoms with Gasteiger partial charge in [0.2, 0.25) is 0 Å². The Bertz CT molecular complexity index is 370. The molecule has 1 aliphatic carbocycles. The molecule has 0 spiro atoms. The molecule has 0 radical (unpaired) electrons. The monoisotopic (exact) mass is 280 g/mol. The molecule has 3 heteroatoms. The van der Waals surface area contributed by atoms with E-state index in [4.69, 9.17) is 4.74 Å². The van der Waals surface area contributed by atoms with Gasteiger partial charge < -0.3 is 4.74 Å². The highest BCUT2D eigenvalue weighted by Crippen LogP contribution is 2.37. The normalized spacial score (nSPS) is 24.8. The molecule has 20 heavy (non-hydrogen) atoms. The molecular formula is C17H28O3. The lowest BCUT2D eigenvalue weighted by Crippen LogP contribution is -2.29. The van der Waals surface area contributed by atoms with Crippen molar-refractivity contribution in [1.29, 1.82) is 0 Å². The van der Waals surface area contributed by atoms with Gasteiger partial charge in [0.15, 0.2) is 0 Å². The summed E-state index contributed by atoms with van der Waals surface area (Å²) < 4.78 is 4.79. The van der Waals surface area contributed by atoms with Crippen LogP contribution in [0.25, 0.3) is 0 Å². The van der Waals surface area contributed by atoms with E-state index >= 15 is 0 Å². The topological polar surface area (TPSA) is 43.4 Å². The van der Waals surface area contributed by atoms with Crippen molar-refractivity contribution in [3.63, 3.8) is 0 Å². The van der Waals surface area contributed by atoms with E-state index in [0.717, 1.165) is 25.7 Å². The number of ketones is 1. The molecule has 0 bridgehead atoms. The molecule has 1 aliphatic rings. The van der Waals surface area contributed by atoms with E-state index in [1.54, 1.807) is 0 Å². The van der Waals surface area contributed by atoms with Gasteiger partial charge in [0.25, 0.3) is 0 Å². The number of esters is 1. The van der Waals surface area contributed by atoms with E-state index in [0.29, 0.717) is 12.3 Å². The Hall–Kier alpha value is -1.12. The van der Waals surface area contributed by atoms with Crippen LogP contribution < -0.4 is 0 Å². The molecule has 114 valence electrons. The van der Waals surface area contributed by atoms with Crippen molar-refractivity contribution in [1.82, 2.24) is 0 Å². The first kappa shape index (κ1) is 16.9. The predicted molar refractivity (Wildman–Crippen MR) is 80.3 cm³/mol. The van der Waals surface area contributed by atoms with Gasteiger partial charge in [0, 0.05) is 6.42 Å². The van der Waals surface area contributed by atoms with Gasteiger partial charge >= 0.3 is 5.97 Å². The van der Waals surface area contributed by atoms with Gasteiger partial charge in [-0.05, 0) is 44.4 Å². The average Bonchev–Trinajstić information content (AvgIpc) is 2.80. The van der Waals surface area contributed by atoms with Crippen molar-refractivity contribution in [3.05, 3.63) is 11.6 Å². The summed E-state index contributed by atoms with van der Waals surface area (Å²) in [6.45, 7) is 6.51. The second-order valence-corrected chi connectivity index (χ2v) is 6.02. The molecule has 3 atom stereocenters. The third-order valence-electron chi connectivity index (χ3n) is 4.44. The quantitative estimate of drug-likeness (QED) is 0.403. The molecule has 1 fully saturated rings. The number of ether oxygens (including phenoxy) is 1. The smallest absolute Gasteiger partial charge is 0.316 e. The lowest BCUT2D eigenvalue weighted by molar-refractivity contribution is -0.150. The van der Waals surface area contributed by atoms with Gasteiger partial charge in [0.05, 0.1) is 7.11 Å². The standard InChI is InChI=1S/C17H28O3/c1-5-7-12(2)8-6-9-13(3)14-10-11-15(18)16(14)17(19)20-4/h8,13-14,16H,5-7,9-11H2,1-4H3/b12-8-/t13-,14-,16-/m1/s1. The molecule has 0 aromatic heterocycles. The Kier molecular flexibility index (Phi) is 6.97. The van der Waals surface area contributed by atoms with Crippen LogP contribution >= 0.6 is 0 Å². The number of methoxy groups -OCH3 is 1. The second-order valence-electron chi connectivity index (χ2n) is 6.02. The average molecular weight is 280 g/mol. The first-order valence-electron chi connectivity index (χ1n) is 7.77. The van der Waals surface area contributed by atoms with Crippen LogP contribution in [0.15, 0.2) is 11.6 Å². The van der Waals surface area contributed by atoms with Crippen LogP contribution in [0.3, 0.4) is 0 Å². The minimum atomic E-state index is -0.518. The first-order chi connectivity index (χ1) is 9.51. The number of allylic oxidation sites excluding steroid dienone is 2. The van der Waals surface area contributed by atoms with Gasteiger partial charge in [-0.1, -0.05) is 31.9 Å². The zero-order valence-electron chi connectivity index (χ0n) is 13.3. The van der Waals surface area contributed by atoms with Crippen LogP contribution in [0.2, 0.25) is 0 Å². The van der Waals surface area contributed by atoms with Crippen molar-refractivity contribution in [2.75, 3.05) is 7.11 Å². The maximum absolute atomic E-state index is 11.8. The lowest BCUT2D eigenvalue weighted by atomic mass is 9.82. The SMILES string of the molecule is CCC/C(C)=C\CC[C@@H](C)[C@H]1CCC(=O)[C@@H]1C(=O)OC. The summed E-state index contributed by atoms with van der Waals surface area (Å²) in [5.41, 5.74) is 1.44. The summed E-state index contributed by atoms with van der Waals surface area (Å²) >= 11 is 0. The fourth-order valence-electron chi connectivity index (χ4n) is 3.22. The summed E-state index contributed by atoms with van der Waals surface area (Å²) in [6, 6.07) is 0. The van der Waals surface area contributed by atoms with Crippen LogP contribution in [0.1, 0.15) is 59.3 Å². The molecule has 0 saturated heterocycles. The fraction of sp³-hybridized carbons (Fsp3) is 0.765. The van der Waals surface area contributed by atoms with Crippen LogP contribution in [0.5, 0.6) is 0 Å². The molecular weight excluding hydrogens is 252 g/mol. The first-order valence-corrected chi connectivity index (χ1v) is 7.77. The maximum atomic E-state index is 11.8. The Labute approximate surface area is 122 Å². The van der Waals surface area contributed by atoms with Crippen LogP contribution in [0, 0.1) is 17.8 Å². The van der Waals surface area contributed by atoms with Gasteiger partial charge in [-0.25, -0.2) is 0 Å². The van der Waals surface area contributed by atoms with Gasteiger partial charge in [-0.2, -0.15) is 0 Å². The van der Waals surface area contributed by atoms with Crippen LogP contribution in [-0.2, 0) is 14.3 Å². The predicted octanol–water partition coefficient (Wildman–Crippen LogP) is 3.92.